The Morgan fingerprint density at radius 1 is 1.22 bits per heavy atom. The Bertz CT molecular complexity index is 758. The Balaban J connectivity index is 1.51. The molecule has 1 saturated heterocycles. The summed E-state index contributed by atoms with van der Waals surface area (Å²) in [4.78, 5) is 27.5. The predicted octanol–water partition coefficient (Wildman–Crippen LogP) is 3.88. The van der Waals surface area contributed by atoms with Crippen molar-refractivity contribution in [1.29, 1.82) is 0 Å². The summed E-state index contributed by atoms with van der Waals surface area (Å²) in [6, 6.07) is 11.6. The number of nitrogens with zero attached hydrogens (tertiary/aromatic N) is 1. The average Bonchev–Trinajstić information content (AvgIpc) is 3.20. The minimum Gasteiger partial charge on any atom is -0.340 e. The van der Waals surface area contributed by atoms with Gasteiger partial charge in [-0.15, -0.1) is 11.3 Å². The summed E-state index contributed by atoms with van der Waals surface area (Å²) < 4.78 is 0. The van der Waals surface area contributed by atoms with Crippen LogP contribution in [0.1, 0.15) is 48.3 Å². The van der Waals surface area contributed by atoms with E-state index in [4.69, 9.17) is 0 Å². The minimum absolute atomic E-state index is 0.223. The summed E-state index contributed by atoms with van der Waals surface area (Å²) in [7, 11) is 0. The third-order valence-corrected chi connectivity index (χ3v) is 5.90. The number of hydrogen-bond donors (Lipinski definition) is 2. The van der Waals surface area contributed by atoms with Gasteiger partial charge in [0.15, 0.2) is 0 Å². The van der Waals surface area contributed by atoms with Crippen LogP contribution in [0.2, 0.25) is 0 Å². The van der Waals surface area contributed by atoms with Gasteiger partial charge < -0.3 is 10.6 Å². The molecule has 0 bridgehead atoms. The molecule has 1 aromatic heterocycles. The number of rotatable bonds is 6. The molecule has 2 N–H and O–H groups in total. The molecule has 2 aromatic rings. The zero-order chi connectivity index (χ0) is 19.2. The van der Waals surface area contributed by atoms with Gasteiger partial charge in [0, 0.05) is 18.3 Å². The lowest BCUT2D eigenvalue weighted by Gasteiger charge is -2.33. The fourth-order valence-electron chi connectivity index (χ4n) is 3.31. The van der Waals surface area contributed by atoms with Gasteiger partial charge in [0.2, 0.25) is 5.91 Å². The van der Waals surface area contributed by atoms with E-state index in [1.54, 1.807) is 13.0 Å². The first-order chi connectivity index (χ1) is 13.0. The number of nitrogens with one attached hydrogen (secondary N) is 2. The number of carbonyl (C=O) groups excluding carboxylic acids is 2. The van der Waals surface area contributed by atoms with Gasteiger partial charge in [0.1, 0.15) is 6.04 Å². The van der Waals surface area contributed by atoms with E-state index in [0.717, 1.165) is 18.8 Å². The van der Waals surface area contributed by atoms with Gasteiger partial charge in [-0.25, -0.2) is 0 Å². The van der Waals surface area contributed by atoms with Crippen LogP contribution in [0.15, 0.2) is 41.8 Å². The highest BCUT2D eigenvalue weighted by atomic mass is 32.1. The fraction of sp³-hybridized carbons (Fsp3) is 0.429. The molecule has 1 aliphatic rings. The van der Waals surface area contributed by atoms with Crippen LogP contribution in [0.25, 0.3) is 0 Å². The van der Waals surface area contributed by atoms with Gasteiger partial charge in [-0.1, -0.05) is 24.6 Å². The summed E-state index contributed by atoms with van der Waals surface area (Å²) in [6.45, 7) is 6.08. The number of benzene rings is 1. The van der Waals surface area contributed by atoms with E-state index < -0.39 is 6.04 Å². The lowest BCUT2D eigenvalue weighted by molar-refractivity contribution is -0.117. The normalized spacial score (nSPS) is 18.7. The number of anilines is 1. The first kappa shape index (κ1) is 19.6. The van der Waals surface area contributed by atoms with Crippen molar-refractivity contribution in [2.24, 2.45) is 0 Å². The van der Waals surface area contributed by atoms with Gasteiger partial charge in [0.25, 0.3) is 5.91 Å². The maximum atomic E-state index is 12.3. The van der Waals surface area contributed by atoms with Crippen molar-refractivity contribution in [3.63, 3.8) is 0 Å². The maximum Gasteiger partial charge on any atom is 0.261 e. The molecule has 0 spiro atoms. The molecule has 1 aliphatic heterocycles. The predicted molar refractivity (Wildman–Crippen MR) is 110 cm³/mol. The lowest BCUT2D eigenvalue weighted by Crippen LogP contribution is -2.41. The highest BCUT2D eigenvalue weighted by Gasteiger charge is 2.19. The van der Waals surface area contributed by atoms with Gasteiger partial charge in [-0.05, 0) is 62.4 Å². The molecule has 27 heavy (non-hydrogen) atoms. The van der Waals surface area contributed by atoms with Crippen LogP contribution in [0, 0.1) is 0 Å². The van der Waals surface area contributed by atoms with Crippen LogP contribution in [-0.4, -0.2) is 35.3 Å². The molecule has 1 aromatic carbocycles. The van der Waals surface area contributed by atoms with E-state index in [2.05, 4.69) is 34.6 Å². The number of piperidine rings is 1. The Kier molecular flexibility index (Phi) is 6.63. The third-order valence-electron chi connectivity index (χ3n) is 5.03. The van der Waals surface area contributed by atoms with Gasteiger partial charge in [0.05, 0.1) is 4.88 Å². The van der Waals surface area contributed by atoms with E-state index in [-0.39, 0.29) is 11.8 Å². The summed E-state index contributed by atoms with van der Waals surface area (Å²) in [5, 5.41) is 7.43. The molecule has 144 valence electrons. The molecule has 5 nitrogen and oxygen atoms in total. The molecule has 3 rings (SSSR count). The van der Waals surface area contributed by atoms with Gasteiger partial charge in [-0.2, -0.15) is 0 Å². The van der Waals surface area contributed by atoms with Crippen LogP contribution in [-0.2, 0) is 11.3 Å². The smallest absolute Gasteiger partial charge is 0.261 e. The Labute approximate surface area is 164 Å². The second-order valence-electron chi connectivity index (χ2n) is 7.17. The first-order valence-corrected chi connectivity index (χ1v) is 10.4. The van der Waals surface area contributed by atoms with Gasteiger partial charge >= 0.3 is 0 Å². The molecule has 2 amide bonds. The van der Waals surface area contributed by atoms with Crippen LogP contribution in [0.4, 0.5) is 5.69 Å². The summed E-state index contributed by atoms with van der Waals surface area (Å²) in [5.74, 6) is -0.448. The van der Waals surface area contributed by atoms with E-state index in [1.165, 1.54) is 36.2 Å². The van der Waals surface area contributed by atoms with E-state index in [0.29, 0.717) is 10.9 Å². The zero-order valence-electron chi connectivity index (χ0n) is 15.9. The quantitative estimate of drug-likeness (QED) is 0.793. The molecule has 2 heterocycles. The first-order valence-electron chi connectivity index (χ1n) is 9.51. The number of amides is 2. The van der Waals surface area contributed by atoms with E-state index in [9.17, 15) is 9.59 Å². The zero-order valence-corrected chi connectivity index (χ0v) is 16.7. The lowest BCUT2D eigenvalue weighted by atomic mass is 10.0. The summed E-state index contributed by atoms with van der Waals surface area (Å²) in [5.41, 5.74) is 1.99. The molecule has 0 radical (unpaired) electrons. The standard InChI is InChI=1S/C21H27N3O2S/c1-15-6-3-4-12-24(15)14-17-8-10-18(11-9-17)23-20(25)16(2)22-21(26)19-7-5-13-27-19/h5,7-11,13,15-16H,3-4,6,12,14H2,1-2H3,(H,22,26)(H,23,25)/t15-,16-/m0/s1. The second kappa shape index (κ2) is 9.15. The van der Waals surface area contributed by atoms with Crippen molar-refractivity contribution in [3.8, 4) is 0 Å². The Morgan fingerprint density at radius 3 is 2.67 bits per heavy atom. The third kappa shape index (κ3) is 5.40. The van der Waals surface area contributed by atoms with Crippen molar-refractivity contribution >= 4 is 28.8 Å². The average molecular weight is 386 g/mol. The second-order valence-corrected chi connectivity index (χ2v) is 8.12. The van der Waals surface area contributed by atoms with Crippen molar-refractivity contribution in [2.45, 2.75) is 51.7 Å². The van der Waals surface area contributed by atoms with Crippen LogP contribution < -0.4 is 10.6 Å². The monoisotopic (exact) mass is 385 g/mol. The van der Waals surface area contributed by atoms with Crippen molar-refractivity contribution < 1.29 is 9.59 Å². The molecule has 6 heteroatoms. The molecular weight excluding hydrogens is 358 g/mol. The number of likely N-dealkylation sites (tertiary alicyclic amines) is 1. The number of thiophene rings is 1. The number of carbonyl (C=O) groups is 2. The highest BCUT2D eigenvalue weighted by molar-refractivity contribution is 7.12. The summed E-state index contributed by atoms with van der Waals surface area (Å²) in [6.07, 6.45) is 3.86. The molecule has 1 fully saturated rings. The SMILES string of the molecule is C[C@H](NC(=O)c1cccs1)C(=O)Nc1ccc(CN2CCCC[C@@H]2C)cc1. The van der Waals surface area contributed by atoms with Crippen LogP contribution in [0.3, 0.4) is 0 Å². The Hall–Kier alpha value is -2.18. The Morgan fingerprint density at radius 2 is 2.00 bits per heavy atom. The maximum absolute atomic E-state index is 12.3. The summed E-state index contributed by atoms with van der Waals surface area (Å²) >= 11 is 1.36. The fourth-order valence-corrected chi connectivity index (χ4v) is 3.94. The van der Waals surface area contributed by atoms with Crippen LogP contribution >= 0.6 is 11.3 Å². The van der Waals surface area contributed by atoms with Crippen molar-refractivity contribution in [3.05, 3.63) is 52.2 Å². The van der Waals surface area contributed by atoms with Crippen molar-refractivity contribution in [2.75, 3.05) is 11.9 Å². The number of hydrogen-bond acceptors (Lipinski definition) is 4. The molecular formula is C21H27N3O2S. The van der Waals surface area contributed by atoms with Gasteiger partial charge in [-0.3, -0.25) is 14.5 Å². The molecule has 0 aliphatic carbocycles. The van der Waals surface area contributed by atoms with E-state index >= 15 is 0 Å². The molecule has 0 unspecified atom stereocenters. The van der Waals surface area contributed by atoms with Crippen molar-refractivity contribution in [1.82, 2.24) is 10.2 Å². The molecule has 0 saturated carbocycles. The minimum atomic E-state index is -0.603. The topological polar surface area (TPSA) is 61.4 Å². The van der Waals surface area contributed by atoms with E-state index in [1.807, 2.05) is 23.6 Å². The van der Waals surface area contributed by atoms with Crippen LogP contribution in [0.5, 0.6) is 0 Å². The highest BCUT2D eigenvalue weighted by Crippen LogP contribution is 2.20. The largest absolute Gasteiger partial charge is 0.340 e. The molecule has 2 atom stereocenters.